The first-order chi connectivity index (χ1) is 18.3. The molecule has 38 heavy (non-hydrogen) atoms. The molecular formula is C29H35N3O4S2. The minimum absolute atomic E-state index is 0.0448. The van der Waals surface area contributed by atoms with E-state index >= 15 is 0 Å². The van der Waals surface area contributed by atoms with Gasteiger partial charge >= 0.3 is 0 Å². The van der Waals surface area contributed by atoms with E-state index < -0.39 is 20.0 Å². The zero-order valence-electron chi connectivity index (χ0n) is 21.4. The molecule has 5 rings (SSSR count). The van der Waals surface area contributed by atoms with Gasteiger partial charge in [-0.25, -0.2) is 21.6 Å². The van der Waals surface area contributed by atoms with Crippen LogP contribution in [-0.4, -0.2) is 58.3 Å². The molecule has 1 N–H and O–H groups in total. The van der Waals surface area contributed by atoms with Gasteiger partial charge in [-0.05, 0) is 48.2 Å². The lowest BCUT2D eigenvalue weighted by atomic mass is 9.96. The molecule has 7 nitrogen and oxygen atoms in total. The highest BCUT2D eigenvalue weighted by Crippen LogP contribution is 2.30. The second kappa shape index (κ2) is 11.7. The Balaban J connectivity index is 1.27. The van der Waals surface area contributed by atoms with Gasteiger partial charge in [0.2, 0.25) is 20.0 Å². The third-order valence-corrected chi connectivity index (χ3v) is 11.0. The van der Waals surface area contributed by atoms with Gasteiger partial charge in [-0.1, -0.05) is 79.9 Å². The number of benzene rings is 3. The van der Waals surface area contributed by atoms with Crippen molar-refractivity contribution in [1.29, 1.82) is 0 Å². The summed E-state index contributed by atoms with van der Waals surface area (Å²) >= 11 is 0. The molecule has 2 fully saturated rings. The maximum atomic E-state index is 13.4. The van der Waals surface area contributed by atoms with Crippen molar-refractivity contribution in [1.82, 2.24) is 13.9 Å². The highest BCUT2D eigenvalue weighted by molar-refractivity contribution is 7.89. The summed E-state index contributed by atoms with van der Waals surface area (Å²) in [6.07, 6.45) is 4.86. The highest BCUT2D eigenvalue weighted by atomic mass is 32.2. The molecule has 2 aliphatic rings. The maximum absolute atomic E-state index is 13.4. The van der Waals surface area contributed by atoms with Crippen LogP contribution >= 0.6 is 0 Å². The topological polar surface area (TPSA) is 86.8 Å². The standard InChI is InChI=1S/C29H35N3O4S2/c33-37(34,30-26-14-8-3-9-15-26)27-16-18-28(19-17-27)38(35,36)32-22-20-31(21-23-32)29(24-10-4-1-5-11-24)25-12-6-2-7-13-25/h1-2,4-7,10-13,16-19,26,29-30H,3,8-9,14-15,20-23H2. The number of hydrogen-bond acceptors (Lipinski definition) is 5. The SMILES string of the molecule is O=S(=O)(NC1CCCCC1)c1ccc(S(=O)(=O)N2CCN(C(c3ccccc3)c3ccccc3)CC2)cc1. The lowest BCUT2D eigenvalue weighted by Gasteiger charge is -2.39. The van der Waals surface area contributed by atoms with Gasteiger partial charge in [0.1, 0.15) is 0 Å². The van der Waals surface area contributed by atoms with Gasteiger partial charge in [0, 0.05) is 32.2 Å². The molecular weight excluding hydrogens is 518 g/mol. The molecule has 1 aliphatic carbocycles. The minimum atomic E-state index is -3.74. The van der Waals surface area contributed by atoms with E-state index in [1.165, 1.54) is 39.7 Å². The Labute approximate surface area is 226 Å². The molecule has 0 spiro atoms. The Kier molecular flexibility index (Phi) is 8.30. The van der Waals surface area contributed by atoms with Crippen LogP contribution in [0.5, 0.6) is 0 Å². The molecule has 3 aromatic rings. The van der Waals surface area contributed by atoms with Gasteiger partial charge in [0.05, 0.1) is 15.8 Å². The summed E-state index contributed by atoms with van der Waals surface area (Å²) in [5.74, 6) is 0. The zero-order chi connectivity index (χ0) is 26.6. The van der Waals surface area contributed by atoms with Crippen LogP contribution in [0.25, 0.3) is 0 Å². The largest absolute Gasteiger partial charge is 0.290 e. The lowest BCUT2D eigenvalue weighted by molar-refractivity contribution is 0.156. The molecule has 0 bridgehead atoms. The molecule has 1 saturated heterocycles. The van der Waals surface area contributed by atoms with E-state index in [1.807, 2.05) is 36.4 Å². The molecule has 0 aromatic heterocycles. The summed E-state index contributed by atoms with van der Waals surface area (Å²) in [6.45, 7) is 1.90. The molecule has 202 valence electrons. The van der Waals surface area contributed by atoms with Gasteiger partial charge in [0.15, 0.2) is 0 Å². The maximum Gasteiger partial charge on any atom is 0.243 e. The van der Waals surface area contributed by atoms with Gasteiger partial charge < -0.3 is 0 Å². The van der Waals surface area contributed by atoms with E-state index in [9.17, 15) is 16.8 Å². The molecule has 1 heterocycles. The van der Waals surface area contributed by atoms with Crippen molar-refractivity contribution >= 4 is 20.0 Å². The highest BCUT2D eigenvalue weighted by Gasteiger charge is 2.32. The van der Waals surface area contributed by atoms with Crippen LogP contribution in [0.2, 0.25) is 0 Å². The third-order valence-electron chi connectivity index (χ3n) is 7.57. The Bertz CT molecular complexity index is 1360. The summed E-state index contributed by atoms with van der Waals surface area (Å²) in [7, 11) is -7.42. The number of piperazine rings is 1. The molecule has 0 amide bonds. The average molecular weight is 554 g/mol. The number of sulfonamides is 2. The van der Waals surface area contributed by atoms with Crippen LogP contribution in [0.15, 0.2) is 94.7 Å². The molecule has 0 atom stereocenters. The predicted molar refractivity (Wildman–Crippen MR) is 149 cm³/mol. The van der Waals surface area contributed by atoms with Crippen molar-refractivity contribution in [3.05, 3.63) is 96.1 Å². The summed E-state index contributed by atoms with van der Waals surface area (Å²) in [5.41, 5.74) is 2.35. The van der Waals surface area contributed by atoms with Crippen LogP contribution in [0.4, 0.5) is 0 Å². The van der Waals surface area contributed by atoms with Crippen LogP contribution in [0.1, 0.15) is 49.3 Å². The normalized spacial score (nSPS) is 18.6. The fraction of sp³-hybridized carbons (Fsp3) is 0.379. The summed E-state index contributed by atoms with van der Waals surface area (Å²) in [6, 6.07) is 26.2. The predicted octanol–water partition coefficient (Wildman–Crippen LogP) is 4.39. The van der Waals surface area contributed by atoms with Crippen molar-refractivity contribution in [3.8, 4) is 0 Å². The van der Waals surface area contributed by atoms with Gasteiger partial charge in [-0.3, -0.25) is 4.90 Å². The number of nitrogens with zero attached hydrogens (tertiary/aromatic N) is 2. The van der Waals surface area contributed by atoms with Crippen LogP contribution in [0, 0.1) is 0 Å². The van der Waals surface area contributed by atoms with E-state index in [0.717, 1.165) is 32.1 Å². The summed E-state index contributed by atoms with van der Waals surface area (Å²) in [4.78, 5) is 2.54. The first kappa shape index (κ1) is 27.0. The molecule has 1 saturated carbocycles. The van der Waals surface area contributed by atoms with Gasteiger partial charge in [0.25, 0.3) is 0 Å². The Morgan fingerprint density at radius 3 is 1.66 bits per heavy atom. The number of rotatable bonds is 8. The van der Waals surface area contributed by atoms with Gasteiger partial charge in [-0.15, -0.1) is 0 Å². The molecule has 0 radical (unpaired) electrons. The van der Waals surface area contributed by atoms with E-state index in [0.29, 0.717) is 26.2 Å². The Morgan fingerprint density at radius 1 is 0.632 bits per heavy atom. The first-order valence-corrected chi connectivity index (χ1v) is 16.2. The van der Waals surface area contributed by atoms with E-state index in [-0.39, 0.29) is 21.9 Å². The van der Waals surface area contributed by atoms with Gasteiger partial charge in [-0.2, -0.15) is 4.31 Å². The van der Waals surface area contributed by atoms with Crippen molar-refractivity contribution in [2.24, 2.45) is 0 Å². The Hall–Kier alpha value is -2.56. The molecule has 9 heteroatoms. The second-order valence-corrected chi connectivity index (χ2v) is 13.7. The van der Waals surface area contributed by atoms with E-state index in [4.69, 9.17) is 0 Å². The fourth-order valence-electron chi connectivity index (χ4n) is 5.53. The monoisotopic (exact) mass is 553 g/mol. The van der Waals surface area contributed by atoms with Crippen LogP contribution in [-0.2, 0) is 20.0 Å². The van der Waals surface area contributed by atoms with E-state index in [1.54, 1.807) is 0 Å². The quantitative estimate of drug-likeness (QED) is 0.447. The lowest BCUT2D eigenvalue weighted by Crippen LogP contribution is -2.49. The zero-order valence-corrected chi connectivity index (χ0v) is 23.1. The van der Waals surface area contributed by atoms with E-state index in [2.05, 4.69) is 33.9 Å². The fourth-order valence-corrected chi connectivity index (χ4v) is 8.26. The number of nitrogens with one attached hydrogen (secondary N) is 1. The van der Waals surface area contributed by atoms with Crippen molar-refractivity contribution in [2.75, 3.05) is 26.2 Å². The summed E-state index contributed by atoms with van der Waals surface area (Å²) in [5, 5.41) is 0. The van der Waals surface area contributed by atoms with Crippen molar-refractivity contribution < 1.29 is 16.8 Å². The molecule has 1 aliphatic heterocycles. The number of hydrogen-bond donors (Lipinski definition) is 1. The molecule has 3 aromatic carbocycles. The Morgan fingerprint density at radius 2 is 1.13 bits per heavy atom. The smallest absolute Gasteiger partial charge is 0.243 e. The second-order valence-electron chi connectivity index (χ2n) is 10.1. The van der Waals surface area contributed by atoms with Crippen molar-refractivity contribution in [2.45, 2.75) is 54.0 Å². The third kappa shape index (κ3) is 6.02. The average Bonchev–Trinajstić information content (AvgIpc) is 2.95. The minimum Gasteiger partial charge on any atom is -0.290 e. The summed E-state index contributed by atoms with van der Waals surface area (Å²) < 4.78 is 56.8. The van der Waals surface area contributed by atoms with Crippen molar-refractivity contribution in [3.63, 3.8) is 0 Å². The van der Waals surface area contributed by atoms with Crippen LogP contribution in [0.3, 0.4) is 0 Å². The molecule has 0 unspecified atom stereocenters. The van der Waals surface area contributed by atoms with Crippen LogP contribution < -0.4 is 4.72 Å². The first-order valence-electron chi connectivity index (χ1n) is 13.3.